The van der Waals surface area contributed by atoms with Gasteiger partial charge in [0.15, 0.2) is 0 Å². The predicted molar refractivity (Wildman–Crippen MR) is 53.7 cm³/mol. The van der Waals surface area contributed by atoms with E-state index >= 15 is 0 Å². The molecule has 0 radical (unpaired) electrons. The number of ether oxygens (including phenoxy) is 1. The molecular formula is C10H10F3NO4. The fourth-order valence-electron chi connectivity index (χ4n) is 1.27. The highest BCUT2D eigenvalue weighted by Crippen LogP contribution is 2.31. The Labute approximate surface area is 99.6 Å². The molecule has 18 heavy (non-hydrogen) atoms. The molecule has 0 aromatic heterocycles. The predicted octanol–water partition coefficient (Wildman–Crippen LogP) is 1.03. The van der Waals surface area contributed by atoms with Gasteiger partial charge in [0.1, 0.15) is 17.9 Å². The lowest BCUT2D eigenvalue weighted by atomic mass is 10.0. The van der Waals surface area contributed by atoms with E-state index in [0.29, 0.717) is 0 Å². The van der Waals surface area contributed by atoms with Crippen molar-refractivity contribution in [1.29, 1.82) is 0 Å². The minimum atomic E-state index is -4.94. The van der Waals surface area contributed by atoms with E-state index in [1.165, 1.54) is 12.1 Å². The number of alkyl halides is 3. The Bertz CT molecular complexity index is 435. The van der Waals surface area contributed by atoms with E-state index in [1.54, 1.807) is 0 Å². The maximum Gasteiger partial charge on any atom is 0.573 e. The van der Waals surface area contributed by atoms with Gasteiger partial charge in [-0.1, -0.05) is 18.2 Å². The Balaban J connectivity index is 3.05. The van der Waals surface area contributed by atoms with Crippen LogP contribution in [0.15, 0.2) is 24.3 Å². The normalized spacial score (nSPS) is 14.9. The summed E-state index contributed by atoms with van der Waals surface area (Å²) in [4.78, 5) is 10.6. The molecule has 0 spiro atoms. The number of nitrogens with two attached hydrogens (primary N) is 1. The van der Waals surface area contributed by atoms with Crippen molar-refractivity contribution in [3.63, 3.8) is 0 Å². The monoisotopic (exact) mass is 265 g/mol. The fraction of sp³-hybridized carbons (Fsp3) is 0.300. The molecule has 0 aliphatic carbocycles. The molecule has 1 rings (SSSR count). The summed E-state index contributed by atoms with van der Waals surface area (Å²) in [5.41, 5.74) is 4.80. The van der Waals surface area contributed by atoms with Gasteiger partial charge in [-0.2, -0.15) is 0 Å². The van der Waals surface area contributed by atoms with Gasteiger partial charge < -0.3 is 20.7 Å². The van der Waals surface area contributed by atoms with E-state index in [4.69, 9.17) is 10.8 Å². The molecule has 0 aliphatic rings. The maximum atomic E-state index is 12.1. The number of aliphatic carboxylic acids is 1. The molecule has 100 valence electrons. The standard InChI is InChI=1S/C10H10F3NO4/c11-10(12,13)18-6-4-2-1-3-5(6)8(15)7(14)9(16)17/h1-4,7-8,15H,14H2,(H,16,17). The van der Waals surface area contributed by atoms with E-state index < -0.39 is 30.2 Å². The van der Waals surface area contributed by atoms with Crippen molar-refractivity contribution in [2.24, 2.45) is 5.73 Å². The van der Waals surface area contributed by atoms with E-state index in [1.807, 2.05) is 0 Å². The van der Waals surface area contributed by atoms with E-state index in [-0.39, 0.29) is 5.56 Å². The van der Waals surface area contributed by atoms with Crippen LogP contribution in [-0.2, 0) is 4.79 Å². The molecule has 1 aromatic carbocycles. The highest BCUT2D eigenvalue weighted by molar-refractivity contribution is 5.74. The molecule has 0 saturated carbocycles. The average Bonchev–Trinajstić information content (AvgIpc) is 2.25. The Morgan fingerprint density at radius 2 is 1.89 bits per heavy atom. The number of benzene rings is 1. The summed E-state index contributed by atoms with van der Waals surface area (Å²) in [5.74, 6) is -2.22. The lowest BCUT2D eigenvalue weighted by Gasteiger charge is -2.19. The highest BCUT2D eigenvalue weighted by atomic mass is 19.4. The van der Waals surface area contributed by atoms with Gasteiger partial charge in [0, 0.05) is 5.56 Å². The third kappa shape index (κ3) is 3.60. The molecule has 0 aliphatic heterocycles. The smallest absolute Gasteiger partial charge is 0.480 e. The number of rotatable bonds is 4. The number of aliphatic hydroxyl groups is 1. The fourth-order valence-corrected chi connectivity index (χ4v) is 1.27. The molecule has 4 N–H and O–H groups in total. The van der Waals surface area contributed by atoms with Crippen molar-refractivity contribution in [2.75, 3.05) is 0 Å². The number of halogens is 3. The molecule has 0 heterocycles. The van der Waals surface area contributed by atoms with E-state index in [9.17, 15) is 23.1 Å². The van der Waals surface area contributed by atoms with Crippen LogP contribution in [-0.4, -0.2) is 28.6 Å². The third-order valence-corrected chi connectivity index (χ3v) is 2.09. The minimum Gasteiger partial charge on any atom is -0.480 e. The third-order valence-electron chi connectivity index (χ3n) is 2.09. The van der Waals surface area contributed by atoms with Gasteiger partial charge in [-0.3, -0.25) is 4.79 Å². The van der Waals surface area contributed by atoms with Crippen LogP contribution in [0.25, 0.3) is 0 Å². The second-order valence-electron chi connectivity index (χ2n) is 3.39. The van der Waals surface area contributed by atoms with Crippen LogP contribution in [0, 0.1) is 0 Å². The van der Waals surface area contributed by atoms with Crippen molar-refractivity contribution in [1.82, 2.24) is 0 Å². The van der Waals surface area contributed by atoms with E-state index in [2.05, 4.69) is 4.74 Å². The largest absolute Gasteiger partial charge is 0.573 e. The van der Waals surface area contributed by atoms with Crippen LogP contribution in [0.4, 0.5) is 13.2 Å². The molecule has 5 nitrogen and oxygen atoms in total. The number of carbonyl (C=O) groups is 1. The first-order valence-electron chi connectivity index (χ1n) is 4.73. The highest BCUT2D eigenvalue weighted by Gasteiger charge is 2.34. The topological polar surface area (TPSA) is 92.8 Å². The number of hydrogen-bond donors (Lipinski definition) is 3. The molecular weight excluding hydrogens is 255 g/mol. The molecule has 8 heteroatoms. The van der Waals surface area contributed by atoms with Crippen molar-refractivity contribution in [3.8, 4) is 5.75 Å². The van der Waals surface area contributed by atoms with Crippen molar-refractivity contribution in [2.45, 2.75) is 18.5 Å². The molecule has 0 bridgehead atoms. The first kappa shape index (κ1) is 14.3. The molecule has 2 atom stereocenters. The van der Waals surface area contributed by atoms with Crippen LogP contribution < -0.4 is 10.5 Å². The summed E-state index contributed by atoms with van der Waals surface area (Å²) in [6.45, 7) is 0. The van der Waals surface area contributed by atoms with Gasteiger partial charge in [0.05, 0.1) is 0 Å². The zero-order chi connectivity index (χ0) is 13.9. The first-order chi connectivity index (χ1) is 8.22. The number of para-hydroxylation sites is 1. The second kappa shape index (κ2) is 5.23. The quantitative estimate of drug-likeness (QED) is 0.756. The lowest BCUT2D eigenvalue weighted by Crippen LogP contribution is -2.36. The second-order valence-corrected chi connectivity index (χ2v) is 3.39. The Morgan fingerprint density at radius 3 is 2.39 bits per heavy atom. The molecule has 2 unspecified atom stereocenters. The SMILES string of the molecule is NC(C(=O)O)C(O)c1ccccc1OC(F)(F)F. The molecule has 0 fully saturated rings. The number of hydrogen-bond acceptors (Lipinski definition) is 4. The van der Waals surface area contributed by atoms with Crippen molar-refractivity contribution >= 4 is 5.97 Å². The van der Waals surface area contributed by atoms with Crippen molar-refractivity contribution < 1.29 is 32.9 Å². The average molecular weight is 265 g/mol. The van der Waals surface area contributed by atoms with Crippen molar-refractivity contribution in [3.05, 3.63) is 29.8 Å². The summed E-state index contributed by atoms with van der Waals surface area (Å²) in [7, 11) is 0. The Kier molecular flexibility index (Phi) is 4.15. The van der Waals surface area contributed by atoms with Gasteiger partial charge >= 0.3 is 12.3 Å². The number of aliphatic hydroxyl groups excluding tert-OH is 1. The Hall–Kier alpha value is -1.80. The van der Waals surface area contributed by atoms with Gasteiger partial charge in [0.2, 0.25) is 0 Å². The van der Waals surface area contributed by atoms with Crippen LogP contribution in [0.1, 0.15) is 11.7 Å². The number of carboxylic acids is 1. The lowest BCUT2D eigenvalue weighted by molar-refractivity contribution is -0.275. The molecule has 1 aromatic rings. The summed E-state index contributed by atoms with van der Waals surface area (Å²) in [5, 5.41) is 18.2. The summed E-state index contributed by atoms with van der Waals surface area (Å²) in [6.07, 6.45) is -6.75. The minimum absolute atomic E-state index is 0.343. The summed E-state index contributed by atoms with van der Waals surface area (Å²) in [6, 6.07) is 2.90. The van der Waals surface area contributed by atoms with E-state index in [0.717, 1.165) is 12.1 Å². The molecule has 0 saturated heterocycles. The first-order valence-corrected chi connectivity index (χ1v) is 4.73. The van der Waals surface area contributed by atoms with Gasteiger partial charge in [0.25, 0.3) is 0 Å². The van der Waals surface area contributed by atoms with Crippen LogP contribution in [0.3, 0.4) is 0 Å². The number of carboxylic acid groups (broad SMARTS) is 1. The zero-order valence-electron chi connectivity index (χ0n) is 8.89. The maximum absolute atomic E-state index is 12.1. The van der Waals surface area contributed by atoms with Gasteiger partial charge in [-0.05, 0) is 6.07 Å². The van der Waals surface area contributed by atoms with Crippen LogP contribution in [0.5, 0.6) is 5.75 Å². The van der Waals surface area contributed by atoms with Gasteiger partial charge in [-0.25, -0.2) is 0 Å². The summed E-state index contributed by atoms with van der Waals surface area (Å²) >= 11 is 0. The van der Waals surface area contributed by atoms with Crippen LogP contribution in [0.2, 0.25) is 0 Å². The Morgan fingerprint density at radius 1 is 1.33 bits per heavy atom. The zero-order valence-corrected chi connectivity index (χ0v) is 8.89. The molecule has 0 amide bonds. The summed E-state index contributed by atoms with van der Waals surface area (Å²) < 4.78 is 40.0. The van der Waals surface area contributed by atoms with Gasteiger partial charge in [-0.15, -0.1) is 13.2 Å². The van der Waals surface area contributed by atoms with Crippen LogP contribution >= 0.6 is 0 Å².